The second-order valence-corrected chi connectivity index (χ2v) is 2.00. The topological polar surface area (TPSA) is 57.5 Å². The first kappa shape index (κ1) is 12.0. The quantitative estimate of drug-likeness (QED) is 0.669. The van der Waals surface area contributed by atoms with Crippen molar-refractivity contribution in [2.75, 3.05) is 0 Å². The van der Waals surface area contributed by atoms with E-state index in [4.69, 9.17) is 10.2 Å². The van der Waals surface area contributed by atoms with Crippen LogP contribution in [-0.4, -0.2) is 34.1 Å². The molecular weight excluding hydrogens is 210 g/mol. The first-order valence-corrected chi connectivity index (χ1v) is 2.54. The number of carboxylic acids is 1. The Morgan fingerprint density at radius 1 is 1.00 bits per heavy atom. The first-order valence-electron chi connectivity index (χ1n) is 2.54. The minimum Gasteiger partial charge on any atom is -0.478 e. The highest BCUT2D eigenvalue weighted by Crippen LogP contribution is 2.43. The first-order chi connectivity index (χ1) is 5.44. The molecule has 0 saturated carbocycles. The van der Waals surface area contributed by atoms with Gasteiger partial charge in [0.1, 0.15) is 0 Å². The Balaban J connectivity index is 5.35. The number of halogens is 6. The molecule has 0 aromatic carbocycles. The summed E-state index contributed by atoms with van der Waals surface area (Å²) in [5.41, 5.74) is -5.99. The molecule has 13 heavy (non-hydrogen) atoms. The Morgan fingerprint density at radius 3 is 1.31 bits per heavy atom. The lowest BCUT2D eigenvalue weighted by Gasteiger charge is -2.26. The average Bonchev–Trinajstić information content (AvgIpc) is 1.80. The van der Waals surface area contributed by atoms with Crippen LogP contribution in [0.4, 0.5) is 26.3 Å². The predicted octanol–water partition coefficient (Wildman–Crippen LogP) is 0.927. The van der Waals surface area contributed by atoms with Gasteiger partial charge < -0.3 is 10.2 Å². The average molecular weight is 212 g/mol. The molecule has 0 rings (SSSR count). The van der Waals surface area contributed by atoms with Crippen molar-refractivity contribution in [1.82, 2.24) is 0 Å². The van der Waals surface area contributed by atoms with Crippen LogP contribution in [0.2, 0.25) is 0 Å². The lowest BCUT2D eigenvalue weighted by molar-refractivity contribution is -0.357. The molecule has 0 bridgehead atoms. The summed E-state index contributed by atoms with van der Waals surface area (Å²) in [4.78, 5) is 9.58. The molecule has 0 heterocycles. The smallest absolute Gasteiger partial charge is 0.442 e. The normalized spacial score (nSPS) is 18.1. The van der Waals surface area contributed by atoms with Crippen molar-refractivity contribution < 1.29 is 41.4 Å². The largest absolute Gasteiger partial charge is 0.478 e. The fourth-order valence-electron chi connectivity index (χ4n) is 0.420. The second kappa shape index (κ2) is 2.76. The van der Waals surface area contributed by atoms with E-state index in [0.29, 0.717) is 0 Å². The van der Waals surface area contributed by atoms with Gasteiger partial charge in [-0.2, -0.15) is 22.0 Å². The van der Waals surface area contributed by atoms with Crippen molar-refractivity contribution in [2.45, 2.75) is 18.0 Å². The van der Waals surface area contributed by atoms with E-state index in [-0.39, 0.29) is 0 Å². The summed E-state index contributed by atoms with van der Waals surface area (Å²) in [5, 5.41) is 15.0. The lowest BCUT2D eigenvalue weighted by atomic mass is 10.1. The summed E-state index contributed by atoms with van der Waals surface area (Å²) in [6, 6.07) is 0. The number of alkyl halides is 6. The fraction of sp³-hybridized carbons (Fsp3) is 0.750. The van der Waals surface area contributed by atoms with E-state index in [1.807, 2.05) is 0 Å². The molecular formula is C4H2F6O3. The van der Waals surface area contributed by atoms with Crippen molar-refractivity contribution in [3.05, 3.63) is 0 Å². The van der Waals surface area contributed by atoms with E-state index in [9.17, 15) is 31.1 Å². The molecule has 0 fully saturated rings. The molecule has 0 radical (unpaired) electrons. The minimum atomic E-state index is -6.41. The van der Waals surface area contributed by atoms with Crippen LogP contribution in [0.25, 0.3) is 0 Å². The van der Waals surface area contributed by atoms with Gasteiger partial charge in [-0.05, 0) is 0 Å². The van der Waals surface area contributed by atoms with Crippen molar-refractivity contribution in [3.63, 3.8) is 0 Å². The van der Waals surface area contributed by atoms with E-state index in [1.165, 1.54) is 0 Å². The van der Waals surface area contributed by atoms with Crippen LogP contribution in [0, 0.1) is 0 Å². The molecule has 1 unspecified atom stereocenters. The third-order valence-corrected chi connectivity index (χ3v) is 1.10. The molecule has 0 aromatic rings. The van der Waals surface area contributed by atoms with Crippen molar-refractivity contribution >= 4 is 5.97 Å². The Morgan fingerprint density at radius 2 is 1.31 bits per heavy atom. The monoisotopic (exact) mass is 212 g/mol. The molecule has 0 saturated heterocycles. The van der Waals surface area contributed by atoms with Gasteiger partial charge in [-0.15, -0.1) is 0 Å². The Hall–Kier alpha value is -0.990. The highest BCUT2D eigenvalue weighted by Gasteiger charge is 2.77. The van der Waals surface area contributed by atoms with E-state index in [2.05, 4.69) is 0 Å². The van der Waals surface area contributed by atoms with Gasteiger partial charge in [0.05, 0.1) is 0 Å². The van der Waals surface area contributed by atoms with Gasteiger partial charge in [-0.1, -0.05) is 0 Å². The van der Waals surface area contributed by atoms with Gasteiger partial charge in [0.25, 0.3) is 0 Å². The van der Waals surface area contributed by atoms with E-state index < -0.39 is 23.9 Å². The predicted molar refractivity (Wildman–Crippen MR) is 24.7 cm³/mol. The van der Waals surface area contributed by atoms with Crippen molar-refractivity contribution in [2.24, 2.45) is 0 Å². The number of carboxylic acid groups (broad SMARTS) is 1. The zero-order chi connectivity index (χ0) is 11.1. The van der Waals surface area contributed by atoms with Gasteiger partial charge in [0.15, 0.2) is 0 Å². The maximum Gasteiger partial charge on any atom is 0.442 e. The summed E-state index contributed by atoms with van der Waals surface area (Å²) in [6.45, 7) is 0. The maximum atomic E-state index is 12.2. The molecule has 0 aromatic heterocycles. The number of rotatable bonds is 2. The van der Waals surface area contributed by atoms with E-state index in [1.54, 1.807) is 0 Å². The lowest BCUT2D eigenvalue weighted by Crippen LogP contribution is -2.60. The SMILES string of the molecule is O=C(O)C(F)(C(O)(F)F)C(F)(F)F. The zero-order valence-corrected chi connectivity index (χ0v) is 5.57. The van der Waals surface area contributed by atoms with Crippen LogP contribution in [0.15, 0.2) is 0 Å². The summed E-state index contributed by atoms with van der Waals surface area (Å²) in [5.74, 6) is -3.51. The van der Waals surface area contributed by atoms with E-state index >= 15 is 0 Å². The second-order valence-electron chi connectivity index (χ2n) is 2.00. The number of hydrogen-bond donors (Lipinski definition) is 2. The molecule has 0 aliphatic carbocycles. The standard InChI is InChI=1S/C4H2F6O3/c5-2(1(11)12,3(6,7)8)4(9,10)13/h13H,(H,11,12). The third kappa shape index (κ3) is 1.69. The van der Waals surface area contributed by atoms with Crippen molar-refractivity contribution in [3.8, 4) is 0 Å². The molecule has 78 valence electrons. The minimum absolute atomic E-state index is 3.51. The van der Waals surface area contributed by atoms with Crippen LogP contribution < -0.4 is 0 Å². The Labute approximate surface area is 66.6 Å². The highest BCUT2D eigenvalue weighted by molar-refractivity contribution is 5.79. The van der Waals surface area contributed by atoms with Gasteiger partial charge in [0, 0.05) is 0 Å². The summed E-state index contributed by atoms with van der Waals surface area (Å²) < 4.78 is 69.8. The molecule has 1 atom stereocenters. The van der Waals surface area contributed by atoms with E-state index in [0.717, 1.165) is 0 Å². The van der Waals surface area contributed by atoms with Crippen LogP contribution in [0.1, 0.15) is 0 Å². The zero-order valence-electron chi connectivity index (χ0n) is 5.57. The molecule has 0 amide bonds. The third-order valence-electron chi connectivity index (χ3n) is 1.10. The molecule has 0 aliphatic rings. The van der Waals surface area contributed by atoms with Gasteiger partial charge in [-0.25, -0.2) is 9.18 Å². The Kier molecular flexibility index (Phi) is 2.55. The molecule has 0 spiro atoms. The van der Waals surface area contributed by atoms with Gasteiger partial charge in [-0.3, -0.25) is 0 Å². The van der Waals surface area contributed by atoms with Gasteiger partial charge >= 0.3 is 23.9 Å². The van der Waals surface area contributed by atoms with Crippen LogP contribution in [0.5, 0.6) is 0 Å². The number of aliphatic carboxylic acids is 1. The summed E-state index contributed by atoms with van der Waals surface area (Å²) in [7, 11) is 0. The molecule has 0 aliphatic heterocycles. The number of hydrogen-bond acceptors (Lipinski definition) is 2. The van der Waals surface area contributed by atoms with Crippen LogP contribution >= 0.6 is 0 Å². The molecule has 2 N–H and O–H groups in total. The molecule has 9 heteroatoms. The summed E-state index contributed by atoms with van der Waals surface area (Å²) in [6.07, 6.45) is -12.4. The number of aliphatic hydroxyl groups is 1. The van der Waals surface area contributed by atoms with Crippen LogP contribution in [0.3, 0.4) is 0 Å². The highest BCUT2D eigenvalue weighted by atomic mass is 19.4. The maximum absolute atomic E-state index is 12.2. The van der Waals surface area contributed by atoms with Crippen molar-refractivity contribution in [1.29, 1.82) is 0 Å². The molecule has 3 nitrogen and oxygen atoms in total. The Bertz CT molecular complexity index is 201. The van der Waals surface area contributed by atoms with Crippen LogP contribution in [-0.2, 0) is 4.79 Å². The number of carbonyl (C=O) groups is 1. The van der Waals surface area contributed by atoms with Gasteiger partial charge in [0.2, 0.25) is 0 Å². The fourth-order valence-corrected chi connectivity index (χ4v) is 0.420. The summed E-state index contributed by atoms with van der Waals surface area (Å²) >= 11 is 0.